The molecule has 0 radical (unpaired) electrons. The molecular formula is C29H54O4. The van der Waals surface area contributed by atoms with Gasteiger partial charge in [-0.3, -0.25) is 9.59 Å². The molecule has 0 heterocycles. The first kappa shape index (κ1) is 30.0. The highest BCUT2D eigenvalue weighted by atomic mass is 16.5. The number of carboxylic acids is 1. The predicted molar refractivity (Wildman–Crippen MR) is 137 cm³/mol. The number of unbranched alkanes of at least 4 members (excludes halogenated alkanes) is 11. The van der Waals surface area contributed by atoms with Gasteiger partial charge in [0.25, 0.3) is 0 Å². The zero-order valence-electron chi connectivity index (χ0n) is 22.1. The maximum Gasteiger partial charge on any atom is 0.310 e. The fourth-order valence-corrected chi connectivity index (χ4v) is 5.18. The van der Waals surface area contributed by atoms with Gasteiger partial charge in [-0.05, 0) is 44.4 Å². The smallest absolute Gasteiger partial charge is 0.310 e. The van der Waals surface area contributed by atoms with Crippen molar-refractivity contribution < 1.29 is 19.4 Å². The minimum Gasteiger partial charge on any atom is -0.481 e. The summed E-state index contributed by atoms with van der Waals surface area (Å²) in [6.07, 6.45) is 22.6. The van der Waals surface area contributed by atoms with E-state index in [0.717, 1.165) is 44.4 Å². The van der Waals surface area contributed by atoms with Crippen molar-refractivity contribution >= 4 is 11.9 Å². The van der Waals surface area contributed by atoms with Gasteiger partial charge in [0.05, 0.1) is 11.8 Å². The molecule has 194 valence electrons. The van der Waals surface area contributed by atoms with Gasteiger partial charge in [-0.25, -0.2) is 0 Å². The number of aliphatic carboxylic acids is 1. The Labute approximate surface area is 204 Å². The first-order chi connectivity index (χ1) is 16.0. The molecule has 0 saturated heterocycles. The zero-order chi connectivity index (χ0) is 24.3. The lowest BCUT2D eigenvalue weighted by Crippen LogP contribution is -2.35. The Morgan fingerprint density at radius 1 is 0.727 bits per heavy atom. The fourth-order valence-electron chi connectivity index (χ4n) is 5.18. The van der Waals surface area contributed by atoms with E-state index in [1.54, 1.807) is 0 Å². The van der Waals surface area contributed by atoms with Crippen molar-refractivity contribution in [2.45, 2.75) is 155 Å². The standard InChI is InChI=1S/C29H54O4/c1-4-5-6-7-12-15-20-25(21-16-13-10-8-9-11-14-19-24(2)3)33-29(32)27-23-18-17-22-26(27)28(30)31/h24-27H,4-23H2,1-3H3,(H,30,31). The van der Waals surface area contributed by atoms with E-state index < -0.39 is 17.8 Å². The van der Waals surface area contributed by atoms with Gasteiger partial charge in [0.1, 0.15) is 6.10 Å². The second-order valence-electron chi connectivity index (χ2n) is 10.9. The molecule has 4 heteroatoms. The summed E-state index contributed by atoms with van der Waals surface area (Å²) in [5.41, 5.74) is 0. The third-order valence-corrected chi connectivity index (χ3v) is 7.36. The van der Waals surface area contributed by atoms with Crippen LogP contribution in [-0.2, 0) is 14.3 Å². The Kier molecular flexibility index (Phi) is 17.5. The van der Waals surface area contributed by atoms with Crippen LogP contribution in [0.5, 0.6) is 0 Å². The predicted octanol–water partition coefficient (Wildman–Crippen LogP) is 8.71. The normalized spacial score (nSPS) is 19.5. The van der Waals surface area contributed by atoms with Gasteiger partial charge in [0, 0.05) is 0 Å². The molecule has 0 aromatic rings. The minimum atomic E-state index is -0.836. The Morgan fingerprint density at radius 3 is 1.67 bits per heavy atom. The molecule has 0 spiro atoms. The molecule has 0 aromatic heterocycles. The highest BCUT2D eigenvalue weighted by Crippen LogP contribution is 2.32. The highest BCUT2D eigenvalue weighted by molar-refractivity contribution is 5.81. The summed E-state index contributed by atoms with van der Waals surface area (Å²) >= 11 is 0. The number of carboxylic acid groups (broad SMARTS) is 1. The SMILES string of the molecule is CCCCCCCCC(CCCCCCCCCC(C)C)OC(=O)C1CCCCC1C(=O)O. The molecule has 3 atom stereocenters. The third kappa shape index (κ3) is 14.7. The average Bonchev–Trinajstić information content (AvgIpc) is 2.79. The van der Waals surface area contributed by atoms with Crippen LogP contribution in [0, 0.1) is 17.8 Å². The lowest BCUT2D eigenvalue weighted by atomic mass is 9.79. The van der Waals surface area contributed by atoms with Gasteiger partial charge in [0.2, 0.25) is 0 Å². The van der Waals surface area contributed by atoms with Crippen molar-refractivity contribution in [3.63, 3.8) is 0 Å². The number of rotatable bonds is 20. The van der Waals surface area contributed by atoms with Crippen LogP contribution >= 0.6 is 0 Å². The van der Waals surface area contributed by atoms with Gasteiger partial charge in [-0.15, -0.1) is 0 Å². The Bertz CT molecular complexity index is 502. The number of carbonyl (C=O) groups excluding carboxylic acids is 1. The molecule has 1 N–H and O–H groups in total. The van der Waals surface area contributed by atoms with Crippen molar-refractivity contribution in [2.75, 3.05) is 0 Å². The van der Waals surface area contributed by atoms with Crippen molar-refractivity contribution in [1.82, 2.24) is 0 Å². The molecule has 0 amide bonds. The molecule has 1 saturated carbocycles. The van der Waals surface area contributed by atoms with Gasteiger partial charge in [-0.1, -0.05) is 111 Å². The first-order valence-electron chi connectivity index (χ1n) is 14.4. The van der Waals surface area contributed by atoms with E-state index in [9.17, 15) is 14.7 Å². The maximum atomic E-state index is 12.9. The number of esters is 1. The molecule has 1 aliphatic carbocycles. The van der Waals surface area contributed by atoms with Crippen LogP contribution in [-0.4, -0.2) is 23.1 Å². The van der Waals surface area contributed by atoms with Crippen LogP contribution in [0.1, 0.15) is 149 Å². The summed E-state index contributed by atoms with van der Waals surface area (Å²) in [5, 5.41) is 9.53. The average molecular weight is 467 g/mol. The Morgan fingerprint density at radius 2 is 1.18 bits per heavy atom. The summed E-state index contributed by atoms with van der Waals surface area (Å²) in [4.78, 5) is 24.5. The van der Waals surface area contributed by atoms with Crippen molar-refractivity contribution in [3.05, 3.63) is 0 Å². The molecule has 0 aliphatic heterocycles. The van der Waals surface area contributed by atoms with E-state index in [2.05, 4.69) is 20.8 Å². The molecule has 1 rings (SSSR count). The Balaban J connectivity index is 2.38. The van der Waals surface area contributed by atoms with Crippen molar-refractivity contribution in [2.24, 2.45) is 17.8 Å². The summed E-state index contributed by atoms with van der Waals surface area (Å²) in [6.45, 7) is 6.83. The largest absolute Gasteiger partial charge is 0.481 e. The third-order valence-electron chi connectivity index (χ3n) is 7.36. The highest BCUT2D eigenvalue weighted by Gasteiger charge is 2.37. The number of hydrogen-bond donors (Lipinski definition) is 1. The molecule has 1 fully saturated rings. The first-order valence-corrected chi connectivity index (χ1v) is 14.4. The second kappa shape index (κ2) is 19.3. The van der Waals surface area contributed by atoms with E-state index in [4.69, 9.17) is 4.74 Å². The number of ether oxygens (including phenoxy) is 1. The van der Waals surface area contributed by atoms with E-state index in [0.29, 0.717) is 12.8 Å². The van der Waals surface area contributed by atoms with Gasteiger partial charge in [0.15, 0.2) is 0 Å². The Hall–Kier alpha value is -1.06. The number of hydrogen-bond acceptors (Lipinski definition) is 3. The molecule has 0 aromatic carbocycles. The monoisotopic (exact) mass is 466 g/mol. The van der Waals surface area contributed by atoms with Crippen LogP contribution in [0.3, 0.4) is 0 Å². The summed E-state index contributed by atoms with van der Waals surface area (Å²) in [7, 11) is 0. The lowest BCUT2D eigenvalue weighted by molar-refractivity contribution is -0.164. The number of carbonyl (C=O) groups is 2. The maximum absolute atomic E-state index is 12.9. The van der Waals surface area contributed by atoms with Crippen LogP contribution < -0.4 is 0 Å². The van der Waals surface area contributed by atoms with Gasteiger partial charge in [-0.2, -0.15) is 0 Å². The van der Waals surface area contributed by atoms with Crippen LogP contribution in [0.2, 0.25) is 0 Å². The topological polar surface area (TPSA) is 63.6 Å². The van der Waals surface area contributed by atoms with Crippen molar-refractivity contribution in [1.29, 1.82) is 0 Å². The molecular weight excluding hydrogens is 412 g/mol. The lowest BCUT2D eigenvalue weighted by Gasteiger charge is -2.29. The van der Waals surface area contributed by atoms with Gasteiger partial charge >= 0.3 is 11.9 Å². The molecule has 4 nitrogen and oxygen atoms in total. The van der Waals surface area contributed by atoms with E-state index in [-0.39, 0.29) is 12.1 Å². The van der Waals surface area contributed by atoms with Crippen LogP contribution in [0.15, 0.2) is 0 Å². The summed E-state index contributed by atoms with van der Waals surface area (Å²) in [5.74, 6) is -1.28. The van der Waals surface area contributed by atoms with Gasteiger partial charge < -0.3 is 9.84 Å². The molecule has 3 unspecified atom stereocenters. The fraction of sp³-hybridized carbons (Fsp3) is 0.931. The quantitative estimate of drug-likeness (QED) is 0.144. The van der Waals surface area contributed by atoms with E-state index in [1.807, 2.05) is 0 Å². The molecule has 1 aliphatic rings. The molecule has 0 bridgehead atoms. The van der Waals surface area contributed by atoms with Crippen LogP contribution in [0.25, 0.3) is 0 Å². The summed E-state index contributed by atoms with van der Waals surface area (Å²) in [6, 6.07) is 0. The van der Waals surface area contributed by atoms with E-state index >= 15 is 0 Å². The van der Waals surface area contributed by atoms with Crippen LogP contribution in [0.4, 0.5) is 0 Å². The minimum absolute atomic E-state index is 0.0360. The summed E-state index contributed by atoms with van der Waals surface area (Å²) < 4.78 is 5.98. The second-order valence-corrected chi connectivity index (χ2v) is 10.9. The zero-order valence-corrected chi connectivity index (χ0v) is 22.1. The van der Waals surface area contributed by atoms with Crippen molar-refractivity contribution in [3.8, 4) is 0 Å². The molecule has 33 heavy (non-hydrogen) atoms. The van der Waals surface area contributed by atoms with E-state index in [1.165, 1.54) is 77.0 Å².